The zero-order chi connectivity index (χ0) is 11.7. The van der Waals surface area contributed by atoms with Crippen molar-refractivity contribution >= 4 is 11.2 Å². The number of fused-ring (bicyclic) bond motifs is 1. The molecular weight excluding hydrogens is 216 g/mol. The molecule has 84 valence electrons. The Labute approximate surface area is 97.2 Å². The first-order valence-corrected chi connectivity index (χ1v) is 5.24. The summed E-state index contributed by atoms with van der Waals surface area (Å²) in [5.41, 5.74) is 2.59. The first-order chi connectivity index (χ1) is 8.31. The third-order valence-corrected chi connectivity index (χ3v) is 2.52. The maximum absolute atomic E-state index is 9.20. The average molecular weight is 226 g/mol. The number of phenolic OH excluding ortho intramolecular Hbond substituents is 1. The number of rotatable bonds is 2. The predicted octanol–water partition coefficient (Wildman–Crippen LogP) is 1.65. The highest BCUT2D eigenvalue weighted by atomic mass is 16.3. The molecule has 0 bridgehead atoms. The van der Waals surface area contributed by atoms with E-state index in [9.17, 15) is 5.11 Å². The minimum Gasteiger partial charge on any atom is -0.508 e. The minimum absolute atomic E-state index is 0.268. The molecule has 0 atom stereocenters. The number of benzene rings is 1. The Hall–Kier alpha value is -2.43. The molecule has 0 aliphatic carbocycles. The van der Waals surface area contributed by atoms with Crippen LogP contribution in [0.4, 0.5) is 0 Å². The summed E-state index contributed by atoms with van der Waals surface area (Å²) in [4.78, 5) is 15.5. The van der Waals surface area contributed by atoms with Crippen molar-refractivity contribution in [3.05, 3.63) is 48.2 Å². The fourth-order valence-electron chi connectivity index (χ4n) is 1.70. The molecule has 2 N–H and O–H groups in total. The molecule has 2 aromatic heterocycles. The van der Waals surface area contributed by atoms with Crippen molar-refractivity contribution in [3.8, 4) is 5.75 Å². The van der Waals surface area contributed by atoms with Crippen molar-refractivity contribution in [2.45, 2.75) is 6.42 Å². The first-order valence-electron chi connectivity index (χ1n) is 5.24. The molecule has 0 unspecified atom stereocenters. The van der Waals surface area contributed by atoms with E-state index in [2.05, 4.69) is 19.9 Å². The van der Waals surface area contributed by atoms with Gasteiger partial charge in [-0.25, -0.2) is 15.0 Å². The molecule has 3 rings (SSSR count). The molecule has 0 saturated carbocycles. The van der Waals surface area contributed by atoms with Gasteiger partial charge in [-0.05, 0) is 17.7 Å². The molecule has 0 aliphatic heterocycles. The Morgan fingerprint density at radius 1 is 1.18 bits per heavy atom. The van der Waals surface area contributed by atoms with Crippen LogP contribution in [0.25, 0.3) is 11.2 Å². The zero-order valence-electron chi connectivity index (χ0n) is 8.96. The van der Waals surface area contributed by atoms with Crippen LogP contribution in [0, 0.1) is 0 Å². The quantitative estimate of drug-likeness (QED) is 0.696. The summed E-state index contributed by atoms with van der Waals surface area (Å²) in [5, 5.41) is 9.20. The van der Waals surface area contributed by atoms with E-state index in [0.717, 1.165) is 16.9 Å². The Kier molecular flexibility index (Phi) is 2.22. The van der Waals surface area contributed by atoms with Crippen LogP contribution in [-0.4, -0.2) is 25.0 Å². The number of aromatic amines is 1. The van der Waals surface area contributed by atoms with Gasteiger partial charge in [0.05, 0.1) is 6.20 Å². The largest absolute Gasteiger partial charge is 0.508 e. The summed E-state index contributed by atoms with van der Waals surface area (Å²) in [7, 11) is 0. The summed E-state index contributed by atoms with van der Waals surface area (Å²) in [6, 6.07) is 7.07. The molecular formula is C12H10N4O. The van der Waals surface area contributed by atoms with Gasteiger partial charge in [-0.2, -0.15) is 0 Å². The second-order valence-corrected chi connectivity index (χ2v) is 3.79. The Morgan fingerprint density at radius 3 is 2.76 bits per heavy atom. The van der Waals surface area contributed by atoms with Crippen LogP contribution in [0.1, 0.15) is 11.4 Å². The van der Waals surface area contributed by atoms with E-state index in [1.54, 1.807) is 18.3 Å². The lowest BCUT2D eigenvalue weighted by Gasteiger charge is -1.97. The third kappa shape index (κ3) is 1.94. The van der Waals surface area contributed by atoms with Crippen LogP contribution < -0.4 is 0 Å². The lowest BCUT2D eigenvalue weighted by atomic mass is 10.1. The molecule has 0 fully saturated rings. The van der Waals surface area contributed by atoms with Crippen molar-refractivity contribution in [3.63, 3.8) is 0 Å². The lowest BCUT2D eigenvalue weighted by Crippen LogP contribution is -1.89. The molecule has 5 heteroatoms. The molecule has 0 spiro atoms. The number of H-pyrrole nitrogens is 1. The lowest BCUT2D eigenvalue weighted by molar-refractivity contribution is 0.475. The van der Waals surface area contributed by atoms with Gasteiger partial charge in [0.25, 0.3) is 0 Å². The van der Waals surface area contributed by atoms with Crippen molar-refractivity contribution in [1.29, 1.82) is 0 Å². The van der Waals surface area contributed by atoms with Gasteiger partial charge in [0.1, 0.15) is 23.4 Å². The van der Waals surface area contributed by atoms with Crippen molar-refractivity contribution in [2.75, 3.05) is 0 Å². The van der Waals surface area contributed by atoms with Crippen LogP contribution in [-0.2, 0) is 6.42 Å². The van der Waals surface area contributed by atoms with Crippen molar-refractivity contribution in [2.24, 2.45) is 0 Å². The Bertz CT molecular complexity index is 612. The van der Waals surface area contributed by atoms with Crippen LogP contribution in [0.2, 0.25) is 0 Å². The number of aromatic hydroxyl groups is 1. The third-order valence-electron chi connectivity index (χ3n) is 2.52. The maximum Gasteiger partial charge on any atom is 0.180 e. The normalized spacial score (nSPS) is 10.8. The standard InChI is InChI=1S/C12H10N4O/c17-9-3-1-8(2-4-9)5-11-15-10-6-13-7-14-12(10)16-11/h1-4,6-7,17H,5H2,(H,13,14,15,16). The molecule has 0 saturated heterocycles. The van der Waals surface area contributed by atoms with E-state index in [4.69, 9.17) is 0 Å². The molecule has 17 heavy (non-hydrogen) atoms. The molecule has 0 radical (unpaired) electrons. The smallest absolute Gasteiger partial charge is 0.180 e. The molecule has 2 heterocycles. The van der Waals surface area contributed by atoms with Crippen LogP contribution >= 0.6 is 0 Å². The van der Waals surface area contributed by atoms with Gasteiger partial charge >= 0.3 is 0 Å². The highest BCUT2D eigenvalue weighted by molar-refractivity contribution is 5.68. The number of hydrogen-bond acceptors (Lipinski definition) is 4. The van der Waals surface area contributed by atoms with Gasteiger partial charge in [-0.3, -0.25) is 0 Å². The monoisotopic (exact) mass is 226 g/mol. The summed E-state index contributed by atoms with van der Waals surface area (Å²) in [6.45, 7) is 0. The number of phenols is 1. The van der Waals surface area contributed by atoms with Crippen LogP contribution in [0.3, 0.4) is 0 Å². The molecule has 0 amide bonds. The second-order valence-electron chi connectivity index (χ2n) is 3.79. The zero-order valence-corrected chi connectivity index (χ0v) is 8.96. The number of aromatic nitrogens is 4. The van der Waals surface area contributed by atoms with Crippen LogP contribution in [0.5, 0.6) is 5.75 Å². The summed E-state index contributed by atoms with van der Waals surface area (Å²) in [6.07, 6.45) is 3.86. The molecule has 1 aromatic carbocycles. The van der Waals surface area contributed by atoms with Crippen molar-refractivity contribution < 1.29 is 5.11 Å². The second kappa shape index (κ2) is 3.86. The van der Waals surface area contributed by atoms with E-state index in [-0.39, 0.29) is 5.75 Å². The topological polar surface area (TPSA) is 74.7 Å². The number of imidazole rings is 1. The van der Waals surface area contributed by atoms with Gasteiger partial charge in [0, 0.05) is 6.42 Å². The van der Waals surface area contributed by atoms with Gasteiger partial charge in [-0.1, -0.05) is 12.1 Å². The highest BCUT2D eigenvalue weighted by Gasteiger charge is 2.04. The van der Waals surface area contributed by atoms with E-state index >= 15 is 0 Å². The summed E-state index contributed by atoms with van der Waals surface area (Å²) >= 11 is 0. The summed E-state index contributed by atoms with van der Waals surface area (Å²) in [5.74, 6) is 1.11. The van der Waals surface area contributed by atoms with E-state index in [0.29, 0.717) is 12.1 Å². The molecule has 0 aliphatic rings. The van der Waals surface area contributed by atoms with Crippen LogP contribution in [0.15, 0.2) is 36.8 Å². The predicted molar refractivity (Wildman–Crippen MR) is 62.6 cm³/mol. The van der Waals surface area contributed by atoms with E-state index in [1.165, 1.54) is 6.33 Å². The molecule has 3 aromatic rings. The van der Waals surface area contributed by atoms with Crippen molar-refractivity contribution in [1.82, 2.24) is 19.9 Å². The van der Waals surface area contributed by atoms with Gasteiger partial charge in [0.15, 0.2) is 5.65 Å². The fourth-order valence-corrected chi connectivity index (χ4v) is 1.70. The van der Waals surface area contributed by atoms with Gasteiger partial charge < -0.3 is 10.1 Å². The summed E-state index contributed by atoms with van der Waals surface area (Å²) < 4.78 is 0. The SMILES string of the molecule is Oc1ccc(Cc2nc3ncncc3[nH]2)cc1. The average Bonchev–Trinajstić information content (AvgIpc) is 2.74. The fraction of sp³-hybridized carbons (Fsp3) is 0.0833. The first kappa shape index (κ1) is 9.77. The Morgan fingerprint density at radius 2 is 2.00 bits per heavy atom. The highest BCUT2D eigenvalue weighted by Crippen LogP contribution is 2.14. The Balaban J connectivity index is 1.92. The molecule has 5 nitrogen and oxygen atoms in total. The minimum atomic E-state index is 0.268. The number of nitrogens with zero attached hydrogens (tertiary/aromatic N) is 3. The number of nitrogens with one attached hydrogen (secondary N) is 1. The van der Waals surface area contributed by atoms with Gasteiger partial charge in [-0.15, -0.1) is 0 Å². The van der Waals surface area contributed by atoms with Gasteiger partial charge in [0.2, 0.25) is 0 Å². The maximum atomic E-state index is 9.20. The van der Waals surface area contributed by atoms with E-state index < -0.39 is 0 Å². The van der Waals surface area contributed by atoms with E-state index in [1.807, 2.05) is 12.1 Å². The number of hydrogen-bond donors (Lipinski definition) is 2.